The minimum absolute atomic E-state index is 0.116. The van der Waals surface area contributed by atoms with Gasteiger partial charge in [0.05, 0.1) is 7.11 Å². The van der Waals surface area contributed by atoms with Gasteiger partial charge < -0.3 is 25.4 Å². The average Bonchev–Trinajstić information content (AvgIpc) is 2.83. The Bertz CT molecular complexity index is 984. The summed E-state index contributed by atoms with van der Waals surface area (Å²) in [5.41, 5.74) is 1.72. The highest BCUT2D eigenvalue weighted by atomic mass is 16.5. The molecule has 0 aromatic heterocycles. The van der Waals surface area contributed by atoms with E-state index in [9.17, 15) is 9.59 Å². The first-order valence-electron chi connectivity index (χ1n) is 11.2. The first kappa shape index (κ1) is 24.1. The Balaban J connectivity index is 1.75. The second-order valence-corrected chi connectivity index (χ2v) is 7.64. The fourth-order valence-electron chi connectivity index (χ4n) is 3.25. The van der Waals surface area contributed by atoms with Crippen molar-refractivity contribution in [1.29, 1.82) is 0 Å². The molecule has 3 N–H and O–H groups in total. The molecule has 2 aliphatic heterocycles. The van der Waals surface area contributed by atoms with Crippen molar-refractivity contribution in [3.8, 4) is 17.2 Å². The Morgan fingerprint density at radius 2 is 1.33 bits per heavy atom. The van der Waals surface area contributed by atoms with Crippen LogP contribution < -0.4 is 25.4 Å². The second kappa shape index (κ2) is 13.1. The maximum atomic E-state index is 12.1. The van der Waals surface area contributed by atoms with Crippen molar-refractivity contribution < 1.29 is 19.1 Å². The lowest BCUT2D eigenvalue weighted by molar-refractivity contribution is -0.117. The van der Waals surface area contributed by atoms with E-state index in [2.05, 4.69) is 16.0 Å². The van der Waals surface area contributed by atoms with Gasteiger partial charge in [-0.3, -0.25) is 9.59 Å². The fraction of sp³-hybridized carbons (Fsp3) is 0.308. The van der Waals surface area contributed by atoms with Crippen molar-refractivity contribution >= 4 is 24.0 Å². The molecule has 0 saturated heterocycles. The topological polar surface area (TPSA) is 88.7 Å². The molecule has 0 spiro atoms. The highest BCUT2D eigenvalue weighted by Gasteiger charge is 2.07. The number of ether oxygens (including phenoxy) is 2. The van der Waals surface area contributed by atoms with Gasteiger partial charge in [-0.15, -0.1) is 0 Å². The summed E-state index contributed by atoms with van der Waals surface area (Å²) in [6.45, 7) is 2.96. The molecule has 0 unspecified atom stereocenters. The van der Waals surface area contributed by atoms with E-state index in [0.717, 1.165) is 43.5 Å². The zero-order valence-electron chi connectivity index (χ0n) is 18.9. The summed E-state index contributed by atoms with van der Waals surface area (Å²) >= 11 is 0. The second-order valence-electron chi connectivity index (χ2n) is 7.64. The van der Waals surface area contributed by atoms with Crippen molar-refractivity contribution in [1.82, 2.24) is 16.0 Å². The molecule has 0 fully saturated rings. The third-order valence-electron chi connectivity index (χ3n) is 5.06. The lowest BCUT2D eigenvalue weighted by Gasteiger charge is -2.11. The minimum atomic E-state index is -0.130. The molecule has 0 atom stereocenters. The fourth-order valence-corrected chi connectivity index (χ4v) is 3.25. The van der Waals surface area contributed by atoms with Crippen LogP contribution in [0.25, 0.3) is 12.2 Å². The summed E-state index contributed by atoms with van der Waals surface area (Å²) in [6.07, 6.45) is 9.31. The third kappa shape index (κ3) is 8.46. The molecule has 7 nitrogen and oxygen atoms in total. The molecule has 174 valence electrons. The van der Waals surface area contributed by atoms with Crippen LogP contribution in [0, 0.1) is 0 Å². The van der Waals surface area contributed by atoms with Crippen LogP contribution in [0.2, 0.25) is 0 Å². The number of carbonyl (C=O) groups excluding carboxylic acids is 2. The minimum Gasteiger partial charge on any atom is -0.493 e. The molecule has 2 aliphatic rings. The lowest BCUT2D eigenvalue weighted by atomic mass is 10.1. The van der Waals surface area contributed by atoms with Crippen LogP contribution in [-0.4, -0.2) is 45.1 Å². The molecule has 7 heteroatoms. The van der Waals surface area contributed by atoms with Crippen LogP contribution in [0.4, 0.5) is 0 Å². The average molecular weight is 450 g/mol. The van der Waals surface area contributed by atoms with E-state index in [4.69, 9.17) is 9.47 Å². The monoisotopic (exact) mass is 449 g/mol. The summed E-state index contributed by atoms with van der Waals surface area (Å²) in [7, 11) is 1.58. The highest BCUT2D eigenvalue weighted by Crippen LogP contribution is 2.33. The maximum Gasteiger partial charge on any atom is 0.243 e. The standard InChI is InChI=1S/C26H31N3O4/c1-32-23-12-7-21-9-14-26(31)28-17-3-2-15-27-16-4-18-29-25(30)13-8-20-5-10-22(11-6-20)33-24(23)19-21/h5-14,19,27H,2-4,15-18H2,1H3,(H,28,31)(H,29,30). The first-order chi connectivity index (χ1) is 16.1. The SMILES string of the molecule is COc1ccc2cc1Oc1ccc(cc1)C=CC(=O)NCCCNCCCCNC(=O)C=C2. The van der Waals surface area contributed by atoms with Gasteiger partial charge in [0, 0.05) is 25.2 Å². The summed E-state index contributed by atoms with van der Waals surface area (Å²) in [5.74, 6) is 1.53. The number of amides is 2. The Morgan fingerprint density at radius 3 is 2.06 bits per heavy atom. The van der Waals surface area contributed by atoms with Crippen LogP contribution in [0.1, 0.15) is 30.4 Å². The van der Waals surface area contributed by atoms with Gasteiger partial charge in [0.2, 0.25) is 11.8 Å². The van der Waals surface area contributed by atoms with Gasteiger partial charge in [-0.2, -0.15) is 0 Å². The molecule has 0 saturated carbocycles. The number of nitrogens with one attached hydrogen (secondary N) is 3. The Hall–Kier alpha value is -3.58. The van der Waals surface area contributed by atoms with E-state index in [1.165, 1.54) is 12.2 Å². The zero-order valence-corrected chi connectivity index (χ0v) is 18.9. The van der Waals surface area contributed by atoms with Gasteiger partial charge in [0.1, 0.15) is 5.75 Å². The summed E-state index contributed by atoms with van der Waals surface area (Å²) in [4.78, 5) is 24.1. The van der Waals surface area contributed by atoms with Crippen molar-refractivity contribution in [2.24, 2.45) is 0 Å². The maximum absolute atomic E-state index is 12.1. The van der Waals surface area contributed by atoms with Crippen molar-refractivity contribution in [3.05, 3.63) is 65.7 Å². The molecule has 4 bridgehead atoms. The van der Waals surface area contributed by atoms with Gasteiger partial charge in [-0.1, -0.05) is 18.2 Å². The molecule has 2 aromatic rings. The largest absolute Gasteiger partial charge is 0.493 e. The number of fused-ring (bicyclic) bond motifs is 15. The van der Waals surface area contributed by atoms with Crippen molar-refractivity contribution in [2.75, 3.05) is 33.3 Å². The van der Waals surface area contributed by atoms with E-state index in [1.807, 2.05) is 36.4 Å². The molecule has 33 heavy (non-hydrogen) atoms. The number of rotatable bonds is 1. The van der Waals surface area contributed by atoms with Gasteiger partial charge in [-0.05, 0) is 79.9 Å². The summed E-state index contributed by atoms with van der Waals surface area (Å²) in [5, 5.41) is 9.14. The van der Waals surface area contributed by atoms with E-state index in [0.29, 0.717) is 30.3 Å². The van der Waals surface area contributed by atoms with Crippen molar-refractivity contribution in [3.63, 3.8) is 0 Å². The predicted octanol–water partition coefficient (Wildman–Crippen LogP) is 3.52. The number of carbonyl (C=O) groups is 2. The van der Waals surface area contributed by atoms with Gasteiger partial charge in [0.15, 0.2) is 11.5 Å². The molecule has 2 amide bonds. The Kier molecular flexibility index (Phi) is 9.54. The van der Waals surface area contributed by atoms with E-state index < -0.39 is 0 Å². The molecule has 2 heterocycles. The lowest BCUT2D eigenvalue weighted by Crippen LogP contribution is -2.27. The smallest absolute Gasteiger partial charge is 0.243 e. The van der Waals surface area contributed by atoms with Crippen LogP contribution in [0.15, 0.2) is 54.6 Å². The first-order valence-corrected chi connectivity index (χ1v) is 11.2. The number of hydrogen-bond acceptors (Lipinski definition) is 5. The molecule has 2 aromatic carbocycles. The van der Waals surface area contributed by atoms with Crippen molar-refractivity contribution in [2.45, 2.75) is 19.3 Å². The third-order valence-corrected chi connectivity index (χ3v) is 5.06. The van der Waals surface area contributed by atoms with Crippen LogP contribution in [0.3, 0.4) is 0 Å². The molecular weight excluding hydrogens is 418 g/mol. The quantitative estimate of drug-likeness (QED) is 0.620. The number of benzene rings is 2. The molecule has 0 aliphatic carbocycles. The summed E-state index contributed by atoms with van der Waals surface area (Å²) in [6, 6.07) is 12.9. The van der Waals surface area contributed by atoms with Gasteiger partial charge >= 0.3 is 0 Å². The predicted molar refractivity (Wildman–Crippen MR) is 130 cm³/mol. The number of methoxy groups -OCH3 is 1. The Labute approximate surface area is 194 Å². The molecule has 4 rings (SSSR count). The van der Waals surface area contributed by atoms with Crippen LogP contribution in [-0.2, 0) is 9.59 Å². The molecule has 0 radical (unpaired) electrons. The molecular formula is C26H31N3O4. The van der Waals surface area contributed by atoms with Gasteiger partial charge in [-0.25, -0.2) is 0 Å². The number of hydrogen-bond donors (Lipinski definition) is 3. The van der Waals surface area contributed by atoms with E-state index in [1.54, 1.807) is 25.3 Å². The van der Waals surface area contributed by atoms with Crippen LogP contribution in [0.5, 0.6) is 17.2 Å². The normalized spacial score (nSPS) is 16.3. The highest BCUT2D eigenvalue weighted by molar-refractivity contribution is 5.92. The van der Waals surface area contributed by atoms with E-state index in [-0.39, 0.29) is 11.8 Å². The summed E-state index contributed by atoms with van der Waals surface area (Å²) < 4.78 is 11.4. The van der Waals surface area contributed by atoms with Gasteiger partial charge in [0.25, 0.3) is 0 Å². The van der Waals surface area contributed by atoms with E-state index >= 15 is 0 Å². The van der Waals surface area contributed by atoms with Crippen LogP contribution >= 0.6 is 0 Å². The zero-order chi connectivity index (χ0) is 23.3. The Morgan fingerprint density at radius 1 is 0.727 bits per heavy atom.